The zero-order valence-corrected chi connectivity index (χ0v) is 13.2. The van der Waals surface area contributed by atoms with Crippen molar-refractivity contribution in [1.82, 2.24) is 0 Å². The van der Waals surface area contributed by atoms with Crippen LogP contribution in [0, 0.1) is 17.2 Å². The summed E-state index contributed by atoms with van der Waals surface area (Å²) in [5.41, 5.74) is 4.87. The number of rotatable bonds is 2. The van der Waals surface area contributed by atoms with Crippen LogP contribution in [0.2, 0.25) is 0 Å². The van der Waals surface area contributed by atoms with E-state index < -0.39 is 7.12 Å². The summed E-state index contributed by atoms with van der Waals surface area (Å²) in [5, 5.41) is 19.1. The summed E-state index contributed by atoms with van der Waals surface area (Å²) in [6.07, 6.45) is 2.23. The number of hydrogen-bond donors (Lipinski definition) is 1. The van der Waals surface area contributed by atoms with E-state index in [0.717, 1.165) is 35.0 Å². The molecule has 0 spiro atoms. The van der Waals surface area contributed by atoms with Crippen molar-refractivity contribution in [2.45, 2.75) is 25.9 Å². The van der Waals surface area contributed by atoms with Gasteiger partial charge in [-0.2, -0.15) is 5.26 Å². The number of ketones is 1. The molecule has 0 bridgehead atoms. The van der Waals surface area contributed by atoms with Crippen molar-refractivity contribution in [3.05, 3.63) is 64.2 Å². The number of fused-ring (bicyclic) bond motifs is 2. The summed E-state index contributed by atoms with van der Waals surface area (Å²) in [4.78, 5) is 12.9. The van der Waals surface area contributed by atoms with Crippen LogP contribution in [0.3, 0.4) is 0 Å². The molecule has 24 heavy (non-hydrogen) atoms. The van der Waals surface area contributed by atoms with Gasteiger partial charge in [-0.3, -0.25) is 4.79 Å². The largest absolute Gasteiger partial charge is 0.491 e. The van der Waals surface area contributed by atoms with Crippen molar-refractivity contribution < 1.29 is 14.5 Å². The smallest absolute Gasteiger partial charge is 0.423 e. The molecule has 4 nitrogen and oxygen atoms in total. The molecule has 1 N–H and O–H groups in total. The Hall–Kier alpha value is -2.42. The second-order valence-corrected chi connectivity index (χ2v) is 6.45. The first-order chi connectivity index (χ1) is 11.7. The average Bonchev–Trinajstić information content (AvgIpc) is 2.97. The Kier molecular flexibility index (Phi) is 3.72. The molecular weight excluding hydrogens is 301 g/mol. The number of nitriles is 1. The monoisotopic (exact) mass is 317 g/mol. The Morgan fingerprint density at radius 3 is 3.00 bits per heavy atom. The molecule has 1 unspecified atom stereocenters. The summed E-state index contributed by atoms with van der Waals surface area (Å²) in [5.74, 6) is -0.0600. The van der Waals surface area contributed by atoms with Crippen molar-refractivity contribution in [1.29, 1.82) is 5.26 Å². The van der Waals surface area contributed by atoms with E-state index >= 15 is 0 Å². The molecule has 2 aliphatic rings. The summed E-state index contributed by atoms with van der Waals surface area (Å²) < 4.78 is 5.22. The molecule has 0 amide bonds. The van der Waals surface area contributed by atoms with Crippen LogP contribution < -0.4 is 5.46 Å². The topological polar surface area (TPSA) is 70.3 Å². The van der Waals surface area contributed by atoms with E-state index in [1.165, 1.54) is 0 Å². The van der Waals surface area contributed by atoms with Crippen LogP contribution in [0.15, 0.2) is 36.4 Å². The minimum Gasteiger partial charge on any atom is -0.423 e. The second-order valence-electron chi connectivity index (χ2n) is 6.45. The van der Waals surface area contributed by atoms with E-state index in [-0.39, 0.29) is 11.7 Å². The van der Waals surface area contributed by atoms with E-state index in [4.69, 9.17) is 4.65 Å². The molecule has 1 heterocycles. The van der Waals surface area contributed by atoms with Crippen LogP contribution in [0.5, 0.6) is 0 Å². The van der Waals surface area contributed by atoms with Gasteiger partial charge in [-0.15, -0.1) is 0 Å². The molecule has 118 valence electrons. The van der Waals surface area contributed by atoms with Crippen LogP contribution in [-0.2, 0) is 24.1 Å². The molecular formula is C19H16BNO3. The van der Waals surface area contributed by atoms with Crippen LogP contribution in [0.1, 0.15) is 39.0 Å². The number of carbonyl (C=O) groups is 1. The van der Waals surface area contributed by atoms with Gasteiger partial charge in [0.25, 0.3) is 0 Å². The minimum atomic E-state index is -0.868. The molecule has 1 aliphatic carbocycles. The lowest BCUT2D eigenvalue weighted by atomic mass is 9.75. The summed E-state index contributed by atoms with van der Waals surface area (Å²) in [7, 11) is -0.868. The number of Topliss-reactive ketones (excluding diaryl/α,β-unsaturated/α-hetero) is 1. The van der Waals surface area contributed by atoms with E-state index in [1.54, 1.807) is 6.07 Å². The first kappa shape index (κ1) is 15.1. The van der Waals surface area contributed by atoms with Gasteiger partial charge in [-0.1, -0.05) is 30.3 Å². The van der Waals surface area contributed by atoms with Crippen LogP contribution in [-0.4, -0.2) is 17.9 Å². The fraction of sp³-hybridized carbons (Fsp3) is 0.263. The maximum absolute atomic E-state index is 12.9. The highest BCUT2D eigenvalue weighted by Crippen LogP contribution is 2.30. The Labute approximate surface area is 140 Å². The number of nitrogens with zero attached hydrogens (tertiary/aromatic N) is 1. The van der Waals surface area contributed by atoms with Gasteiger partial charge in [0.05, 0.1) is 18.2 Å². The summed E-state index contributed by atoms with van der Waals surface area (Å²) in [6, 6.07) is 13.5. The third-order valence-corrected chi connectivity index (χ3v) is 5.01. The number of benzene rings is 2. The highest BCUT2D eigenvalue weighted by molar-refractivity contribution is 6.61. The van der Waals surface area contributed by atoms with Gasteiger partial charge in [0.15, 0.2) is 5.78 Å². The quantitative estimate of drug-likeness (QED) is 0.857. The molecule has 0 fully saturated rings. The minimum absolute atomic E-state index is 0.0608. The normalized spacial score (nSPS) is 18.9. The predicted octanol–water partition coefficient (Wildman–Crippen LogP) is 1.76. The molecule has 0 radical (unpaired) electrons. The fourth-order valence-electron chi connectivity index (χ4n) is 3.73. The molecule has 5 heteroatoms. The standard InChI is InChI=1S/C19H16BNO3/c21-10-15-3-1-2-13-6-7-14(19(22)18(13)15)8-12-4-5-16-11-24-20(23)17(16)9-12/h1-5,9,14,23H,6-8,11H2. The SMILES string of the molecule is N#Cc1cccc2c1C(=O)C(Cc1ccc3c(c1)B(O)OC3)CC2. The molecule has 2 aromatic rings. The summed E-state index contributed by atoms with van der Waals surface area (Å²) >= 11 is 0. The van der Waals surface area contributed by atoms with E-state index in [9.17, 15) is 15.1 Å². The van der Waals surface area contributed by atoms with Crippen molar-refractivity contribution in [2.75, 3.05) is 0 Å². The lowest BCUT2D eigenvalue weighted by molar-refractivity contribution is 0.0901. The molecule has 0 aromatic heterocycles. The lowest BCUT2D eigenvalue weighted by Gasteiger charge is -2.24. The van der Waals surface area contributed by atoms with Gasteiger partial charge >= 0.3 is 7.12 Å². The van der Waals surface area contributed by atoms with Gasteiger partial charge in [-0.05, 0) is 47.5 Å². The maximum Gasteiger partial charge on any atom is 0.491 e. The van der Waals surface area contributed by atoms with E-state index in [0.29, 0.717) is 24.2 Å². The number of hydrogen-bond acceptors (Lipinski definition) is 4. The van der Waals surface area contributed by atoms with Crippen molar-refractivity contribution >= 4 is 18.4 Å². The van der Waals surface area contributed by atoms with Gasteiger partial charge in [-0.25, -0.2) is 0 Å². The zero-order chi connectivity index (χ0) is 16.7. The molecule has 0 saturated heterocycles. The third-order valence-electron chi connectivity index (χ3n) is 5.01. The number of aryl methyl sites for hydroxylation is 1. The fourth-order valence-corrected chi connectivity index (χ4v) is 3.73. The zero-order valence-electron chi connectivity index (χ0n) is 13.2. The highest BCUT2D eigenvalue weighted by atomic mass is 16.5. The third kappa shape index (κ3) is 2.45. The Bertz CT molecular complexity index is 871. The molecule has 4 rings (SSSR count). The lowest BCUT2D eigenvalue weighted by Crippen LogP contribution is -2.29. The molecule has 2 aromatic carbocycles. The second kappa shape index (κ2) is 5.90. The Morgan fingerprint density at radius 2 is 2.17 bits per heavy atom. The van der Waals surface area contributed by atoms with Crippen molar-refractivity contribution in [2.24, 2.45) is 5.92 Å². The van der Waals surface area contributed by atoms with Crippen LogP contribution >= 0.6 is 0 Å². The van der Waals surface area contributed by atoms with Gasteiger partial charge in [0.2, 0.25) is 0 Å². The molecule has 1 atom stereocenters. The van der Waals surface area contributed by atoms with Crippen molar-refractivity contribution in [3.63, 3.8) is 0 Å². The van der Waals surface area contributed by atoms with Gasteiger partial charge in [0, 0.05) is 11.5 Å². The van der Waals surface area contributed by atoms with E-state index in [1.807, 2.05) is 30.3 Å². The van der Waals surface area contributed by atoms with E-state index in [2.05, 4.69) is 6.07 Å². The highest BCUT2D eigenvalue weighted by Gasteiger charge is 2.31. The maximum atomic E-state index is 12.9. The molecule has 1 aliphatic heterocycles. The Balaban J connectivity index is 1.62. The number of carbonyl (C=O) groups excluding carboxylic acids is 1. The van der Waals surface area contributed by atoms with Crippen LogP contribution in [0.4, 0.5) is 0 Å². The predicted molar refractivity (Wildman–Crippen MR) is 89.8 cm³/mol. The van der Waals surface area contributed by atoms with Gasteiger partial charge < -0.3 is 9.68 Å². The molecule has 0 saturated carbocycles. The average molecular weight is 317 g/mol. The Morgan fingerprint density at radius 1 is 1.29 bits per heavy atom. The summed E-state index contributed by atoms with van der Waals surface area (Å²) in [6.45, 7) is 0.429. The first-order valence-corrected chi connectivity index (χ1v) is 8.15. The first-order valence-electron chi connectivity index (χ1n) is 8.15. The van der Waals surface area contributed by atoms with Crippen molar-refractivity contribution in [3.8, 4) is 6.07 Å². The van der Waals surface area contributed by atoms with Gasteiger partial charge in [0.1, 0.15) is 0 Å². The van der Waals surface area contributed by atoms with Crippen LogP contribution in [0.25, 0.3) is 0 Å².